The molecule has 0 aliphatic heterocycles. The van der Waals surface area contributed by atoms with Crippen molar-refractivity contribution < 1.29 is 30.0 Å². The molecule has 1 aromatic heterocycles. The van der Waals surface area contributed by atoms with Gasteiger partial charge in [0.25, 0.3) is 0 Å². The Morgan fingerprint density at radius 3 is 1.96 bits per heavy atom. The molecule has 0 saturated carbocycles. The molecule has 1 heterocycles. The Bertz CT molecular complexity index is 479. The molecule has 0 aliphatic rings. The van der Waals surface area contributed by atoms with Gasteiger partial charge in [0, 0.05) is 13.1 Å². The quantitative estimate of drug-likeness (QED) is 0.270. The molecule has 0 aliphatic carbocycles. The number of aromatic nitrogens is 1. The smallest absolute Gasteiger partial charge is 0.320 e. The van der Waals surface area contributed by atoms with Crippen molar-refractivity contribution in [2.24, 2.45) is 0 Å². The van der Waals surface area contributed by atoms with Crippen LogP contribution in [0.25, 0.3) is 0 Å². The summed E-state index contributed by atoms with van der Waals surface area (Å²) in [5, 5.41) is 45.0. The summed E-state index contributed by atoms with van der Waals surface area (Å²) < 4.78 is 0. The van der Waals surface area contributed by atoms with Gasteiger partial charge < -0.3 is 36.4 Å². The molecule has 0 spiro atoms. The topological polar surface area (TPSA) is 176 Å². The number of anilines is 2. The average Bonchev–Trinajstić information content (AvgIpc) is 2.59. The van der Waals surface area contributed by atoms with Crippen molar-refractivity contribution in [2.75, 3.05) is 36.9 Å². The van der Waals surface area contributed by atoms with Crippen LogP contribution in [-0.4, -0.2) is 76.0 Å². The first-order valence-corrected chi connectivity index (χ1v) is 7.08. The fourth-order valence-electron chi connectivity index (χ4n) is 1.43. The normalized spacial score (nSPS) is 12.8. The Labute approximate surface area is 137 Å². The van der Waals surface area contributed by atoms with Crippen LogP contribution in [-0.2, 0) is 0 Å². The number of rotatable bonds is 8. The van der Waals surface area contributed by atoms with Gasteiger partial charge in [-0.05, 0) is 12.1 Å². The zero-order valence-corrected chi connectivity index (χ0v) is 12.8. The van der Waals surface area contributed by atoms with Crippen molar-refractivity contribution in [2.45, 2.75) is 12.2 Å². The summed E-state index contributed by atoms with van der Waals surface area (Å²) in [6.07, 6.45) is -0.776. The first-order chi connectivity index (χ1) is 11.4. The minimum absolute atomic E-state index is 0.102. The average molecular weight is 343 g/mol. The molecule has 4 amide bonds. The SMILES string of the molecule is O=C(NCC(O)CO)Nc1ccc(NC(=O)NCC(O)CO)nc1. The summed E-state index contributed by atoms with van der Waals surface area (Å²) in [6, 6.07) is 1.75. The third-order valence-corrected chi connectivity index (χ3v) is 2.68. The number of hydrogen-bond donors (Lipinski definition) is 8. The highest BCUT2D eigenvalue weighted by molar-refractivity contribution is 5.90. The molecule has 0 radical (unpaired) electrons. The number of carbonyl (C=O) groups excluding carboxylic acids is 2. The van der Waals surface area contributed by atoms with Crippen LogP contribution in [0.4, 0.5) is 21.1 Å². The number of urea groups is 2. The molecule has 1 rings (SSSR count). The van der Waals surface area contributed by atoms with E-state index in [0.717, 1.165) is 0 Å². The molecule has 11 heteroatoms. The number of carbonyl (C=O) groups is 2. The van der Waals surface area contributed by atoms with Crippen LogP contribution < -0.4 is 21.3 Å². The van der Waals surface area contributed by atoms with Crippen molar-refractivity contribution in [1.82, 2.24) is 15.6 Å². The monoisotopic (exact) mass is 343 g/mol. The molecule has 2 atom stereocenters. The first-order valence-electron chi connectivity index (χ1n) is 7.08. The molecular weight excluding hydrogens is 322 g/mol. The second-order valence-corrected chi connectivity index (χ2v) is 4.77. The van der Waals surface area contributed by atoms with E-state index in [4.69, 9.17) is 20.4 Å². The van der Waals surface area contributed by atoms with Crippen molar-refractivity contribution in [3.05, 3.63) is 18.3 Å². The lowest BCUT2D eigenvalue weighted by Gasteiger charge is -2.11. The van der Waals surface area contributed by atoms with Gasteiger partial charge in [-0.15, -0.1) is 0 Å². The van der Waals surface area contributed by atoms with E-state index >= 15 is 0 Å². The first kappa shape index (κ1) is 19.6. The van der Waals surface area contributed by atoms with E-state index in [0.29, 0.717) is 5.69 Å². The van der Waals surface area contributed by atoms with Crippen LogP contribution in [0.15, 0.2) is 18.3 Å². The standard InChI is InChI=1S/C13H21N5O6/c19-6-9(21)4-15-12(23)17-8-1-2-11(14-3-8)18-13(24)16-5-10(22)7-20/h1-3,9-10,19-22H,4-7H2,(H2,15,17,23)(H2,14,16,18,24). The van der Waals surface area contributed by atoms with E-state index in [9.17, 15) is 9.59 Å². The molecule has 0 bridgehead atoms. The number of aliphatic hydroxyl groups is 4. The summed E-state index contributed by atoms with van der Waals surface area (Å²) in [4.78, 5) is 26.9. The number of amides is 4. The van der Waals surface area contributed by atoms with Gasteiger partial charge in [-0.2, -0.15) is 0 Å². The van der Waals surface area contributed by atoms with Gasteiger partial charge in [-0.25, -0.2) is 14.6 Å². The summed E-state index contributed by atoms with van der Waals surface area (Å²) in [5.74, 6) is 0.215. The minimum Gasteiger partial charge on any atom is -0.394 e. The zero-order valence-electron chi connectivity index (χ0n) is 12.8. The maximum absolute atomic E-state index is 11.5. The molecule has 134 valence electrons. The molecule has 2 unspecified atom stereocenters. The van der Waals surface area contributed by atoms with Crippen LogP contribution in [0.2, 0.25) is 0 Å². The summed E-state index contributed by atoms with van der Waals surface area (Å²) in [7, 11) is 0. The second kappa shape index (κ2) is 10.3. The van der Waals surface area contributed by atoms with E-state index in [1.807, 2.05) is 0 Å². The van der Waals surface area contributed by atoms with Gasteiger partial charge in [0.2, 0.25) is 0 Å². The zero-order chi connectivity index (χ0) is 17.9. The largest absolute Gasteiger partial charge is 0.394 e. The lowest BCUT2D eigenvalue weighted by molar-refractivity contribution is 0.0965. The molecule has 0 saturated heterocycles. The van der Waals surface area contributed by atoms with Crippen molar-refractivity contribution in [3.8, 4) is 0 Å². The van der Waals surface area contributed by atoms with Gasteiger partial charge in [0.15, 0.2) is 0 Å². The molecule has 8 N–H and O–H groups in total. The van der Waals surface area contributed by atoms with Gasteiger partial charge in [0.1, 0.15) is 5.82 Å². The minimum atomic E-state index is -1.04. The molecular formula is C13H21N5O6. The van der Waals surface area contributed by atoms with Crippen molar-refractivity contribution in [3.63, 3.8) is 0 Å². The number of aliphatic hydroxyl groups excluding tert-OH is 4. The number of nitrogens with one attached hydrogen (secondary N) is 4. The van der Waals surface area contributed by atoms with E-state index in [1.165, 1.54) is 18.3 Å². The summed E-state index contributed by atoms with van der Waals surface area (Å²) in [5.41, 5.74) is 0.354. The van der Waals surface area contributed by atoms with Crippen LogP contribution in [0, 0.1) is 0 Å². The highest BCUT2D eigenvalue weighted by Gasteiger charge is 2.08. The number of pyridine rings is 1. The number of nitrogens with zero attached hydrogens (tertiary/aromatic N) is 1. The van der Waals surface area contributed by atoms with Crippen LogP contribution in [0.3, 0.4) is 0 Å². The molecule has 24 heavy (non-hydrogen) atoms. The third kappa shape index (κ3) is 7.69. The summed E-state index contributed by atoms with van der Waals surface area (Å²) >= 11 is 0. The fraction of sp³-hybridized carbons (Fsp3) is 0.462. The van der Waals surface area contributed by atoms with Crippen LogP contribution in [0.5, 0.6) is 0 Å². The lowest BCUT2D eigenvalue weighted by atomic mass is 10.4. The number of hydrogen-bond acceptors (Lipinski definition) is 7. The Morgan fingerprint density at radius 2 is 1.50 bits per heavy atom. The fourth-order valence-corrected chi connectivity index (χ4v) is 1.43. The van der Waals surface area contributed by atoms with E-state index in [-0.39, 0.29) is 18.9 Å². The van der Waals surface area contributed by atoms with Crippen molar-refractivity contribution in [1.29, 1.82) is 0 Å². The maximum atomic E-state index is 11.5. The highest BCUT2D eigenvalue weighted by atomic mass is 16.3. The Balaban J connectivity index is 2.39. The Morgan fingerprint density at radius 1 is 0.958 bits per heavy atom. The molecule has 11 nitrogen and oxygen atoms in total. The van der Waals surface area contributed by atoms with Crippen LogP contribution in [0.1, 0.15) is 0 Å². The predicted molar refractivity (Wildman–Crippen MR) is 84.5 cm³/mol. The lowest BCUT2D eigenvalue weighted by Crippen LogP contribution is -2.37. The van der Waals surface area contributed by atoms with E-state index in [1.54, 1.807) is 0 Å². The van der Waals surface area contributed by atoms with Gasteiger partial charge in [0.05, 0.1) is 37.3 Å². The second-order valence-electron chi connectivity index (χ2n) is 4.77. The highest BCUT2D eigenvalue weighted by Crippen LogP contribution is 2.09. The molecule has 1 aromatic rings. The van der Waals surface area contributed by atoms with Gasteiger partial charge >= 0.3 is 12.1 Å². The Hall–Kier alpha value is -2.47. The van der Waals surface area contributed by atoms with E-state index in [2.05, 4.69) is 26.3 Å². The van der Waals surface area contributed by atoms with Gasteiger partial charge in [-0.3, -0.25) is 5.32 Å². The van der Waals surface area contributed by atoms with Gasteiger partial charge in [-0.1, -0.05) is 0 Å². The molecule has 0 fully saturated rings. The maximum Gasteiger partial charge on any atom is 0.320 e. The van der Waals surface area contributed by atoms with Crippen LogP contribution >= 0.6 is 0 Å². The summed E-state index contributed by atoms with van der Waals surface area (Å²) in [6.45, 7) is -1.13. The van der Waals surface area contributed by atoms with Crippen molar-refractivity contribution >= 4 is 23.6 Å². The predicted octanol–water partition coefficient (Wildman–Crippen LogP) is -1.97. The molecule has 0 aromatic carbocycles. The third-order valence-electron chi connectivity index (χ3n) is 2.68. The van der Waals surface area contributed by atoms with E-state index < -0.39 is 37.5 Å². The Kier molecular flexibility index (Phi) is 8.43.